The van der Waals surface area contributed by atoms with Gasteiger partial charge < -0.3 is 14.4 Å². The van der Waals surface area contributed by atoms with E-state index in [-0.39, 0.29) is 5.70 Å². The minimum absolute atomic E-state index is 0.148. The summed E-state index contributed by atoms with van der Waals surface area (Å²) >= 11 is 0. The number of ether oxygens (including phenoxy) is 2. The SMILES string of the molecule is COC(=O)C=C(C(=O)OC)N(C)C. The Balaban J connectivity index is 4.70. The smallest absolute Gasteiger partial charge is 0.354 e. The van der Waals surface area contributed by atoms with Gasteiger partial charge in [-0.3, -0.25) is 0 Å². The zero-order chi connectivity index (χ0) is 10.4. The first-order valence-corrected chi connectivity index (χ1v) is 3.58. The van der Waals surface area contributed by atoms with Crippen LogP contribution in [-0.2, 0) is 19.1 Å². The lowest BCUT2D eigenvalue weighted by molar-refractivity contribution is -0.139. The first kappa shape index (κ1) is 11.5. The summed E-state index contributed by atoms with van der Waals surface area (Å²) < 4.78 is 8.84. The lowest BCUT2D eigenvalue weighted by Gasteiger charge is -2.13. The van der Waals surface area contributed by atoms with Gasteiger partial charge in [-0.05, 0) is 0 Å². The van der Waals surface area contributed by atoms with E-state index in [1.807, 2.05) is 0 Å². The molecule has 0 aliphatic carbocycles. The molecule has 0 fully saturated rings. The van der Waals surface area contributed by atoms with Crippen LogP contribution in [0.25, 0.3) is 0 Å². The van der Waals surface area contributed by atoms with Crippen LogP contribution in [-0.4, -0.2) is 45.2 Å². The Morgan fingerprint density at radius 1 is 1.15 bits per heavy atom. The van der Waals surface area contributed by atoms with E-state index in [9.17, 15) is 9.59 Å². The molecular formula is C8H13NO4. The second-order valence-electron chi connectivity index (χ2n) is 2.44. The second kappa shape index (κ2) is 5.18. The van der Waals surface area contributed by atoms with Gasteiger partial charge in [0.1, 0.15) is 5.70 Å². The van der Waals surface area contributed by atoms with Gasteiger partial charge in [0.05, 0.1) is 20.3 Å². The highest BCUT2D eigenvalue weighted by molar-refractivity contribution is 5.95. The number of esters is 2. The van der Waals surface area contributed by atoms with Gasteiger partial charge in [0, 0.05) is 14.1 Å². The van der Waals surface area contributed by atoms with Gasteiger partial charge in [0.15, 0.2) is 0 Å². The Kier molecular flexibility index (Phi) is 4.58. The minimum Gasteiger partial charge on any atom is -0.466 e. The fraction of sp³-hybridized carbons (Fsp3) is 0.500. The predicted molar refractivity (Wildman–Crippen MR) is 45.8 cm³/mol. The Labute approximate surface area is 76.9 Å². The molecule has 0 saturated carbocycles. The summed E-state index contributed by atoms with van der Waals surface area (Å²) in [7, 11) is 5.75. The van der Waals surface area contributed by atoms with E-state index in [4.69, 9.17) is 0 Å². The van der Waals surface area contributed by atoms with Gasteiger partial charge in [-0.2, -0.15) is 0 Å². The molecule has 0 bridgehead atoms. The summed E-state index contributed by atoms with van der Waals surface area (Å²) in [5.41, 5.74) is 0.148. The summed E-state index contributed by atoms with van der Waals surface area (Å²) in [5, 5.41) is 0. The molecule has 13 heavy (non-hydrogen) atoms. The van der Waals surface area contributed by atoms with Crippen LogP contribution in [0, 0.1) is 0 Å². The Bertz CT molecular complexity index is 232. The summed E-state index contributed by atoms with van der Waals surface area (Å²) in [6.45, 7) is 0. The fourth-order valence-corrected chi connectivity index (χ4v) is 0.646. The molecule has 0 aromatic rings. The third-order valence-corrected chi connectivity index (χ3v) is 1.33. The van der Waals surface area contributed by atoms with Crippen LogP contribution in [0.5, 0.6) is 0 Å². The van der Waals surface area contributed by atoms with Crippen molar-refractivity contribution in [2.24, 2.45) is 0 Å². The largest absolute Gasteiger partial charge is 0.466 e. The van der Waals surface area contributed by atoms with E-state index < -0.39 is 11.9 Å². The number of likely N-dealkylation sites (N-methyl/N-ethyl adjacent to an activating group) is 1. The maximum absolute atomic E-state index is 11.1. The standard InChI is InChI=1S/C8H13NO4/c1-9(2)6(8(11)13-4)5-7(10)12-3/h5H,1-4H3. The Morgan fingerprint density at radius 2 is 1.69 bits per heavy atom. The third-order valence-electron chi connectivity index (χ3n) is 1.33. The zero-order valence-electron chi connectivity index (χ0n) is 8.16. The molecule has 0 spiro atoms. The first-order valence-electron chi connectivity index (χ1n) is 3.58. The van der Waals surface area contributed by atoms with Crippen molar-refractivity contribution in [1.29, 1.82) is 0 Å². The zero-order valence-corrected chi connectivity index (χ0v) is 8.16. The monoisotopic (exact) mass is 187 g/mol. The molecule has 0 aromatic carbocycles. The van der Waals surface area contributed by atoms with Crippen molar-refractivity contribution in [3.63, 3.8) is 0 Å². The van der Waals surface area contributed by atoms with Crippen LogP contribution in [0.4, 0.5) is 0 Å². The van der Waals surface area contributed by atoms with E-state index in [0.29, 0.717) is 0 Å². The van der Waals surface area contributed by atoms with E-state index >= 15 is 0 Å². The highest BCUT2D eigenvalue weighted by atomic mass is 16.5. The van der Waals surface area contributed by atoms with E-state index in [1.165, 1.54) is 19.1 Å². The number of nitrogens with zero attached hydrogens (tertiary/aromatic N) is 1. The minimum atomic E-state index is -0.589. The number of hydrogen-bond acceptors (Lipinski definition) is 5. The molecule has 0 aliphatic heterocycles. The van der Waals surface area contributed by atoms with Crippen molar-refractivity contribution >= 4 is 11.9 Å². The van der Waals surface area contributed by atoms with Crippen LogP contribution < -0.4 is 0 Å². The third kappa shape index (κ3) is 3.59. The van der Waals surface area contributed by atoms with Gasteiger partial charge in [-0.15, -0.1) is 0 Å². The van der Waals surface area contributed by atoms with Crippen LogP contribution >= 0.6 is 0 Å². The highest BCUT2D eigenvalue weighted by Crippen LogP contribution is 2.01. The quantitative estimate of drug-likeness (QED) is 0.451. The van der Waals surface area contributed by atoms with E-state index in [0.717, 1.165) is 6.08 Å². The number of hydrogen-bond donors (Lipinski definition) is 0. The molecule has 0 radical (unpaired) electrons. The molecule has 5 nitrogen and oxygen atoms in total. The van der Waals surface area contributed by atoms with Crippen molar-refractivity contribution in [3.8, 4) is 0 Å². The average molecular weight is 187 g/mol. The normalized spacial score (nSPS) is 10.6. The molecule has 0 aromatic heterocycles. The molecule has 74 valence electrons. The average Bonchev–Trinajstić information content (AvgIpc) is 2.11. The molecule has 0 amide bonds. The maximum atomic E-state index is 11.1. The molecule has 0 rings (SSSR count). The molecule has 0 atom stereocenters. The topological polar surface area (TPSA) is 55.8 Å². The molecule has 0 heterocycles. The number of carbonyl (C=O) groups is 2. The van der Waals surface area contributed by atoms with Gasteiger partial charge in [-0.25, -0.2) is 9.59 Å². The molecule has 0 aliphatic rings. The lowest BCUT2D eigenvalue weighted by atomic mass is 10.3. The molecule has 0 N–H and O–H groups in total. The second-order valence-corrected chi connectivity index (χ2v) is 2.44. The van der Waals surface area contributed by atoms with Crippen molar-refractivity contribution in [2.45, 2.75) is 0 Å². The predicted octanol–water partition coefficient (Wildman–Crippen LogP) is -0.222. The van der Waals surface area contributed by atoms with Gasteiger partial charge >= 0.3 is 11.9 Å². The molecular weight excluding hydrogens is 174 g/mol. The van der Waals surface area contributed by atoms with Crippen molar-refractivity contribution in [2.75, 3.05) is 28.3 Å². The molecule has 0 unspecified atom stereocenters. The Hall–Kier alpha value is -1.52. The fourth-order valence-electron chi connectivity index (χ4n) is 0.646. The first-order chi connectivity index (χ1) is 6.02. The summed E-state index contributed by atoms with van der Waals surface area (Å²) in [4.78, 5) is 23.4. The summed E-state index contributed by atoms with van der Waals surface area (Å²) in [6, 6.07) is 0. The summed E-state index contributed by atoms with van der Waals surface area (Å²) in [5.74, 6) is -1.16. The Morgan fingerprint density at radius 3 is 2.00 bits per heavy atom. The highest BCUT2D eigenvalue weighted by Gasteiger charge is 2.13. The van der Waals surface area contributed by atoms with Crippen LogP contribution in [0.1, 0.15) is 0 Å². The van der Waals surface area contributed by atoms with Crippen molar-refractivity contribution in [3.05, 3.63) is 11.8 Å². The van der Waals surface area contributed by atoms with Crippen LogP contribution in [0.2, 0.25) is 0 Å². The summed E-state index contributed by atoms with van der Waals surface area (Å²) in [6.07, 6.45) is 1.08. The number of rotatable bonds is 3. The van der Waals surface area contributed by atoms with Gasteiger partial charge in [0.2, 0.25) is 0 Å². The van der Waals surface area contributed by atoms with Crippen molar-refractivity contribution in [1.82, 2.24) is 4.90 Å². The number of carbonyl (C=O) groups excluding carboxylic acids is 2. The van der Waals surface area contributed by atoms with Crippen LogP contribution in [0.3, 0.4) is 0 Å². The van der Waals surface area contributed by atoms with Crippen LogP contribution in [0.15, 0.2) is 11.8 Å². The van der Waals surface area contributed by atoms with Gasteiger partial charge in [0.25, 0.3) is 0 Å². The molecule has 0 saturated heterocycles. The van der Waals surface area contributed by atoms with Crippen molar-refractivity contribution < 1.29 is 19.1 Å². The lowest BCUT2D eigenvalue weighted by Crippen LogP contribution is -2.21. The number of methoxy groups -OCH3 is 2. The van der Waals surface area contributed by atoms with E-state index in [1.54, 1.807) is 14.1 Å². The molecule has 5 heteroatoms. The maximum Gasteiger partial charge on any atom is 0.354 e. The van der Waals surface area contributed by atoms with Gasteiger partial charge in [-0.1, -0.05) is 0 Å². The van der Waals surface area contributed by atoms with E-state index in [2.05, 4.69) is 9.47 Å².